The molecule has 7 heteroatoms. The molecule has 0 unspecified atom stereocenters. The van der Waals surface area contributed by atoms with Gasteiger partial charge in [-0.2, -0.15) is 0 Å². The van der Waals surface area contributed by atoms with Crippen molar-refractivity contribution in [3.8, 4) is 0 Å². The number of benzene rings is 1. The van der Waals surface area contributed by atoms with E-state index in [0.717, 1.165) is 39.0 Å². The molecule has 0 aliphatic carbocycles. The van der Waals surface area contributed by atoms with E-state index in [2.05, 4.69) is 37.9 Å². The molecular weight excluding hydrogens is 388 g/mol. The van der Waals surface area contributed by atoms with E-state index in [1.807, 2.05) is 18.2 Å². The molecule has 1 aromatic carbocycles. The van der Waals surface area contributed by atoms with Crippen molar-refractivity contribution in [2.24, 2.45) is 0 Å². The van der Waals surface area contributed by atoms with Crippen molar-refractivity contribution in [2.75, 3.05) is 44.6 Å². The second kappa shape index (κ2) is 11.5. The van der Waals surface area contributed by atoms with Crippen LogP contribution < -0.4 is 15.1 Å². The maximum atomic E-state index is 12.9. The summed E-state index contributed by atoms with van der Waals surface area (Å²) in [6.07, 6.45) is 1.95. The van der Waals surface area contributed by atoms with Gasteiger partial charge in [-0.15, -0.1) is 0 Å². The second-order valence-corrected chi connectivity index (χ2v) is 8.60. The maximum absolute atomic E-state index is 12.9. The molecule has 1 saturated heterocycles. The molecule has 1 fully saturated rings. The first kappa shape index (κ1) is 23.6. The summed E-state index contributed by atoms with van der Waals surface area (Å²) in [4.78, 5) is 29.9. The van der Waals surface area contributed by atoms with Crippen LogP contribution in [-0.2, 0) is 9.59 Å². The number of hydrogen-bond donors (Lipinski definition) is 3. The molecule has 6 nitrogen and oxygen atoms in total. The van der Waals surface area contributed by atoms with Crippen molar-refractivity contribution in [1.29, 1.82) is 0 Å². The Kier molecular flexibility index (Phi) is 9.40. The summed E-state index contributed by atoms with van der Waals surface area (Å²) in [5.74, 6) is 0.232. The molecule has 1 aromatic rings. The van der Waals surface area contributed by atoms with Crippen LogP contribution in [0.15, 0.2) is 24.3 Å². The number of hydrogen-bond acceptors (Lipinski definition) is 2. The van der Waals surface area contributed by atoms with Crippen molar-refractivity contribution >= 4 is 29.1 Å². The van der Waals surface area contributed by atoms with Gasteiger partial charge in [-0.05, 0) is 38.8 Å². The fourth-order valence-electron chi connectivity index (χ4n) is 3.92. The Balaban J connectivity index is 1.80. The highest BCUT2D eigenvalue weighted by molar-refractivity contribution is 6.33. The Morgan fingerprint density at radius 1 is 1.00 bits per heavy atom. The van der Waals surface area contributed by atoms with Crippen molar-refractivity contribution in [1.82, 2.24) is 4.90 Å². The lowest BCUT2D eigenvalue weighted by Crippen LogP contribution is -3.28. The molecule has 162 valence electrons. The first-order chi connectivity index (χ1) is 13.8. The van der Waals surface area contributed by atoms with E-state index in [1.165, 1.54) is 9.80 Å². The van der Waals surface area contributed by atoms with Gasteiger partial charge >= 0.3 is 0 Å². The highest BCUT2D eigenvalue weighted by atomic mass is 35.5. The molecule has 2 amide bonds. The largest absolute Gasteiger partial charge is 0.332 e. The predicted molar refractivity (Wildman–Crippen MR) is 118 cm³/mol. The molecule has 29 heavy (non-hydrogen) atoms. The fraction of sp³-hybridized carbons (Fsp3) is 0.636. The topological polar surface area (TPSA) is 58.3 Å². The number of carbonyl (C=O) groups excluding carboxylic acids is 2. The lowest BCUT2D eigenvalue weighted by atomic mass is 10.1. The molecule has 0 saturated carbocycles. The Morgan fingerprint density at radius 2 is 1.52 bits per heavy atom. The summed E-state index contributed by atoms with van der Waals surface area (Å²) >= 11 is 6.11. The van der Waals surface area contributed by atoms with Gasteiger partial charge in [-0.25, -0.2) is 0 Å². The SMILES string of the molecule is CC[C@@H](C)N(C(=O)C[NH+]1CC[NH+](CC(=O)Nc2ccccc2Cl)CC1)[C@H](C)CC. The van der Waals surface area contributed by atoms with E-state index in [9.17, 15) is 9.59 Å². The second-order valence-electron chi connectivity index (χ2n) is 8.20. The van der Waals surface area contributed by atoms with Gasteiger partial charge in [-0.1, -0.05) is 37.6 Å². The van der Waals surface area contributed by atoms with Crippen molar-refractivity contribution in [3.05, 3.63) is 29.3 Å². The third kappa shape index (κ3) is 6.98. The molecule has 0 spiro atoms. The van der Waals surface area contributed by atoms with Crippen LogP contribution in [0.4, 0.5) is 5.69 Å². The van der Waals surface area contributed by atoms with Crippen LogP contribution in [0.25, 0.3) is 0 Å². The fourth-order valence-corrected chi connectivity index (χ4v) is 4.10. The molecule has 3 N–H and O–H groups in total. The zero-order chi connectivity index (χ0) is 21.4. The van der Waals surface area contributed by atoms with E-state index < -0.39 is 0 Å². The quantitative estimate of drug-likeness (QED) is 0.540. The number of para-hydroxylation sites is 1. The first-order valence-electron chi connectivity index (χ1n) is 10.9. The summed E-state index contributed by atoms with van der Waals surface area (Å²) in [6, 6.07) is 7.83. The van der Waals surface area contributed by atoms with E-state index in [4.69, 9.17) is 11.6 Å². The standard InChI is InChI=1S/C22H35ClN4O2/c1-5-17(3)27(18(4)6-2)22(29)16-26-13-11-25(12-14-26)15-21(28)24-20-10-8-7-9-19(20)23/h7-10,17-18H,5-6,11-16H2,1-4H3,(H,24,28)/p+2/t17-,18-/m1/s1. The smallest absolute Gasteiger partial charge is 0.279 e. The Bertz CT molecular complexity index is 667. The average Bonchev–Trinajstić information content (AvgIpc) is 2.71. The number of quaternary nitrogens is 2. The summed E-state index contributed by atoms with van der Waals surface area (Å²) < 4.78 is 0. The predicted octanol–water partition coefficient (Wildman–Crippen LogP) is 0.488. The number of carbonyl (C=O) groups is 2. The van der Waals surface area contributed by atoms with Crippen molar-refractivity contribution < 1.29 is 19.4 Å². The summed E-state index contributed by atoms with van der Waals surface area (Å²) in [6.45, 7) is 13.1. The average molecular weight is 425 g/mol. The van der Waals surface area contributed by atoms with Gasteiger partial charge in [0, 0.05) is 12.1 Å². The van der Waals surface area contributed by atoms with Crippen LogP contribution in [0.5, 0.6) is 0 Å². The number of piperazine rings is 1. The molecular formula is C22H37ClN4O2+2. The van der Waals surface area contributed by atoms with E-state index in [0.29, 0.717) is 23.8 Å². The highest BCUT2D eigenvalue weighted by Crippen LogP contribution is 2.19. The van der Waals surface area contributed by atoms with Gasteiger partial charge in [-0.3, -0.25) is 9.59 Å². The molecule has 2 atom stereocenters. The first-order valence-corrected chi connectivity index (χ1v) is 11.3. The molecule has 1 heterocycles. The number of nitrogens with zero attached hydrogens (tertiary/aromatic N) is 1. The zero-order valence-corrected chi connectivity index (χ0v) is 19.0. The number of nitrogens with one attached hydrogen (secondary N) is 3. The molecule has 0 bridgehead atoms. The molecule has 1 aliphatic heterocycles. The minimum atomic E-state index is -0.0210. The monoisotopic (exact) mass is 424 g/mol. The summed E-state index contributed by atoms with van der Waals surface area (Å²) in [5, 5.41) is 3.45. The van der Waals surface area contributed by atoms with Crippen LogP contribution >= 0.6 is 11.6 Å². The van der Waals surface area contributed by atoms with Crippen LogP contribution in [-0.4, -0.2) is 68.1 Å². The van der Waals surface area contributed by atoms with E-state index in [1.54, 1.807) is 6.07 Å². The third-order valence-electron chi connectivity index (χ3n) is 6.04. The van der Waals surface area contributed by atoms with Crippen LogP contribution in [0.3, 0.4) is 0 Å². The van der Waals surface area contributed by atoms with Gasteiger partial charge in [0.05, 0.1) is 10.7 Å². The van der Waals surface area contributed by atoms with E-state index >= 15 is 0 Å². The lowest BCUT2D eigenvalue weighted by Gasteiger charge is -2.36. The third-order valence-corrected chi connectivity index (χ3v) is 6.37. The van der Waals surface area contributed by atoms with Crippen molar-refractivity contribution in [3.63, 3.8) is 0 Å². The van der Waals surface area contributed by atoms with Crippen molar-refractivity contribution in [2.45, 2.75) is 52.6 Å². The van der Waals surface area contributed by atoms with Gasteiger partial charge < -0.3 is 20.0 Å². The number of amides is 2. The molecule has 0 aromatic heterocycles. The van der Waals surface area contributed by atoms with Crippen LogP contribution in [0.1, 0.15) is 40.5 Å². The maximum Gasteiger partial charge on any atom is 0.279 e. The molecule has 2 rings (SSSR count). The Morgan fingerprint density at radius 3 is 2.03 bits per heavy atom. The van der Waals surface area contributed by atoms with Gasteiger partial charge in [0.1, 0.15) is 26.2 Å². The Labute approximate surface area is 180 Å². The molecule has 1 aliphatic rings. The van der Waals surface area contributed by atoms with Gasteiger partial charge in [0.2, 0.25) is 0 Å². The summed E-state index contributed by atoms with van der Waals surface area (Å²) in [7, 11) is 0. The number of rotatable bonds is 9. The lowest BCUT2D eigenvalue weighted by molar-refractivity contribution is -1.00. The van der Waals surface area contributed by atoms with Crippen LogP contribution in [0.2, 0.25) is 5.02 Å². The number of halogens is 1. The normalized spacial score (nSPS) is 21.3. The highest BCUT2D eigenvalue weighted by Gasteiger charge is 2.30. The minimum Gasteiger partial charge on any atom is -0.332 e. The molecule has 0 radical (unpaired) electrons. The zero-order valence-electron chi connectivity index (χ0n) is 18.3. The summed E-state index contributed by atoms with van der Waals surface area (Å²) in [5.41, 5.74) is 0.656. The number of anilines is 1. The van der Waals surface area contributed by atoms with Gasteiger partial charge in [0.25, 0.3) is 11.8 Å². The van der Waals surface area contributed by atoms with Crippen LogP contribution in [0, 0.1) is 0 Å². The van der Waals surface area contributed by atoms with E-state index in [-0.39, 0.29) is 23.9 Å². The Hall–Kier alpha value is -1.63. The van der Waals surface area contributed by atoms with Gasteiger partial charge in [0.15, 0.2) is 13.1 Å². The minimum absolute atomic E-state index is 0.0210.